The zero-order valence-electron chi connectivity index (χ0n) is 11.5. The van der Waals surface area contributed by atoms with E-state index < -0.39 is 0 Å². The van der Waals surface area contributed by atoms with E-state index in [9.17, 15) is 0 Å². The first-order valence-electron chi connectivity index (χ1n) is 7.02. The highest BCUT2D eigenvalue weighted by Gasteiger charge is 2.48. The van der Waals surface area contributed by atoms with E-state index >= 15 is 0 Å². The number of ether oxygens (including phenoxy) is 1. The molecule has 0 radical (unpaired) electrons. The molecule has 1 saturated carbocycles. The molecule has 1 aliphatic carbocycles. The molecule has 1 aromatic heterocycles. The second-order valence-corrected chi connectivity index (χ2v) is 6.73. The summed E-state index contributed by atoms with van der Waals surface area (Å²) in [7, 11) is 0. The van der Waals surface area contributed by atoms with Crippen molar-refractivity contribution in [2.24, 2.45) is 0 Å². The number of rotatable bonds is 4. The summed E-state index contributed by atoms with van der Waals surface area (Å²) in [6.45, 7) is 7.40. The molecule has 2 atom stereocenters. The Kier molecular flexibility index (Phi) is 3.20. The van der Waals surface area contributed by atoms with Gasteiger partial charge in [0, 0.05) is 17.5 Å². The van der Waals surface area contributed by atoms with E-state index in [1.165, 1.54) is 28.4 Å². The minimum Gasteiger partial charge on any atom is -0.376 e. The highest BCUT2D eigenvalue weighted by molar-refractivity contribution is 7.11. The molecule has 3 rings (SSSR count). The quantitative estimate of drug-likeness (QED) is 0.910. The third-order valence-corrected chi connectivity index (χ3v) is 5.40. The fourth-order valence-corrected chi connectivity index (χ4v) is 4.08. The molecule has 0 bridgehead atoms. The molecule has 4 heteroatoms. The largest absolute Gasteiger partial charge is 0.376 e. The van der Waals surface area contributed by atoms with Crippen molar-refractivity contribution in [1.29, 1.82) is 0 Å². The highest BCUT2D eigenvalue weighted by Crippen LogP contribution is 2.41. The van der Waals surface area contributed by atoms with Crippen LogP contribution >= 0.6 is 11.3 Å². The lowest BCUT2D eigenvalue weighted by Crippen LogP contribution is -2.48. The molecule has 1 N–H and O–H groups in total. The van der Waals surface area contributed by atoms with Crippen molar-refractivity contribution in [2.75, 3.05) is 6.61 Å². The minimum absolute atomic E-state index is 0.0238. The first-order chi connectivity index (χ1) is 8.65. The van der Waals surface area contributed by atoms with Gasteiger partial charge in [0.2, 0.25) is 0 Å². The van der Waals surface area contributed by atoms with E-state index in [4.69, 9.17) is 9.72 Å². The minimum atomic E-state index is -0.0238. The zero-order chi connectivity index (χ0) is 12.8. The smallest absolute Gasteiger partial charge is 0.116 e. The van der Waals surface area contributed by atoms with Gasteiger partial charge in [-0.25, -0.2) is 4.98 Å². The molecule has 0 aromatic carbocycles. The van der Waals surface area contributed by atoms with Gasteiger partial charge in [0.1, 0.15) is 5.01 Å². The van der Waals surface area contributed by atoms with Gasteiger partial charge in [0.25, 0.3) is 0 Å². The van der Waals surface area contributed by atoms with Crippen LogP contribution in [0.2, 0.25) is 0 Å². The van der Waals surface area contributed by atoms with E-state index in [1.807, 2.05) is 11.3 Å². The average molecular weight is 266 g/mol. The van der Waals surface area contributed by atoms with E-state index in [-0.39, 0.29) is 11.6 Å². The first-order valence-corrected chi connectivity index (χ1v) is 7.83. The molecule has 100 valence electrons. The molecule has 0 amide bonds. The molecule has 1 aromatic rings. The lowest BCUT2D eigenvalue weighted by molar-refractivity contribution is 0.0809. The van der Waals surface area contributed by atoms with Crippen LogP contribution in [-0.4, -0.2) is 23.7 Å². The van der Waals surface area contributed by atoms with Crippen molar-refractivity contribution >= 4 is 11.3 Å². The zero-order valence-corrected chi connectivity index (χ0v) is 12.3. The Labute approximate surface area is 113 Å². The lowest BCUT2D eigenvalue weighted by atomic mass is 9.92. The Balaban J connectivity index is 1.96. The fraction of sp³-hybridized carbons (Fsp3) is 0.786. The fourth-order valence-electron chi connectivity index (χ4n) is 2.81. The summed E-state index contributed by atoms with van der Waals surface area (Å²) >= 11 is 1.85. The SMILES string of the molecule is CCc1nc(C2(NC3CC3)CCOC2C)sc1C. The molecule has 2 fully saturated rings. The molecule has 1 saturated heterocycles. The van der Waals surface area contributed by atoms with Gasteiger partial charge in [-0.3, -0.25) is 0 Å². The normalized spacial score (nSPS) is 32.1. The van der Waals surface area contributed by atoms with E-state index in [0.717, 1.165) is 19.4 Å². The number of nitrogens with zero attached hydrogens (tertiary/aromatic N) is 1. The van der Waals surface area contributed by atoms with Crippen molar-refractivity contribution in [3.05, 3.63) is 15.6 Å². The van der Waals surface area contributed by atoms with Gasteiger partial charge >= 0.3 is 0 Å². The lowest BCUT2D eigenvalue weighted by Gasteiger charge is -2.31. The van der Waals surface area contributed by atoms with Gasteiger partial charge in [-0.05, 0) is 39.5 Å². The number of thiazole rings is 1. The molecule has 2 heterocycles. The predicted molar refractivity (Wildman–Crippen MR) is 74.1 cm³/mol. The van der Waals surface area contributed by atoms with E-state index in [1.54, 1.807) is 0 Å². The second-order valence-electron chi connectivity index (χ2n) is 5.53. The summed E-state index contributed by atoms with van der Waals surface area (Å²) in [6.07, 6.45) is 4.92. The Morgan fingerprint density at radius 1 is 1.50 bits per heavy atom. The van der Waals surface area contributed by atoms with Gasteiger partial charge < -0.3 is 10.1 Å². The third kappa shape index (κ3) is 2.00. The summed E-state index contributed by atoms with van der Waals surface area (Å²) in [6, 6.07) is 0.684. The Bertz CT molecular complexity index is 441. The van der Waals surface area contributed by atoms with Gasteiger partial charge in [-0.2, -0.15) is 0 Å². The van der Waals surface area contributed by atoms with Crippen LogP contribution in [0.25, 0.3) is 0 Å². The van der Waals surface area contributed by atoms with E-state index in [0.29, 0.717) is 6.04 Å². The number of aromatic nitrogens is 1. The Hall–Kier alpha value is -0.450. The molecule has 18 heavy (non-hydrogen) atoms. The van der Waals surface area contributed by atoms with Crippen molar-refractivity contribution in [2.45, 2.75) is 64.1 Å². The van der Waals surface area contributed by atoms with Crippen LogP contribution in [0.1, 0.15) is 48.7 Å². The Morgan fingerprint density at radius 2 is 2.28 bits per heavy atom. The molecule has 1 aliphatic heterocycles. The van der Waals surface area contributed by atoms with Gasteiger partial charge in [0.05, 0.1) is 17.3 Å². The summed E-state index contributed by atoms with van der Waals surface area (Å²) < 4.78 is 5.84. The molecule has 2 aliphatic rings. The number of hydrogen-bond donors (Lipinski definition) is 1. The summed E-state index contributed by atoms with van der Waals surface area (Å²) in [5.41, 5.74) is 1.23. The van der Waals surface area contributed by atoms with Crippen molar-refractivity contribution in [1.82, 2.24) is 10.3 Å². The average Bonchev–Trinajstić information content (AvgIpc) is 2.97. The predicted octanol–water partition coefficient (Wildman–Crippen LogP) is 2.77. The Morgan fingerprint density at radius 3 is 2.78 bits per heavy atom. The summed E-state index contributed by atoms with van der Waals surface area (Å²) in [5.74, 6) is 0. The van der Waals surface area contributed by atoms with Crippen LogP contribution in [-0.2, 0) is 16.7 Å². The summed E-state index contributed by atoms with van der Waals surface area (Å²) in [4.78, 5) is 6.25. The van der Waals surface area contributed by atoms with Crippen molar-refractivity contribution < 1.29 is 4.74 Å². The number of nitrogens with one attached hydrogen (secondary N) is 1. The van der Waals surface area contributed by atoms with Crippen molar-refractivity contribution in [3.8, 4) is 0 Å². The van der Waals surface area contributed by atoms with Crippen molar-refractivity contribution in [3.63, 3.8) is 0 Å². The van der Waals surface area contributed by atoms with Crippen LogP contribution in [0.3, 0.4) is 0 Å². The maximum atomic E-state index is 5.84. The number of hydrogen-bond acceptors (Lipinski definition) is 4. The number of aryl methyl sites for hydroxylation is 2. The first kappa shape index (κ1) is 12.6. The van der Waals surface area contributed by atoms with Gasteiger partial charge in [-0.15, -0.1) is 11.3 Å². The molecule has 2 unspecified atom stereocenters. The van der Waals surface area contributed by atoms with Gasteiger partial charge in [-0.1, -0.05) is 6.92 Å². The van der Waals surface area contributed by atoms with Crippen LogP contribution in [0.5, 0.6) is 0 Å². The maximum absolute atomic E-state index is 5.84. The van der Waals surface area contributed by atoms with E-state index in [2.05, 4.69) is 26.1 Å². The van der Waals surface area contributed by atoms with Gasteiger partial charge in [0.15, 0.2) is 0 Å². The van der Waals surface area contributed by atoms with Crippen LogP contribution < -0.4 is 5.32 Å². The van der Waals surface area contributed by atoms with Crippen LogP contribution in [0.4, 0.5) is 0 Å². The second kappa shape index (κ2) is 4.58. The highest BCUT2D eigenvalue weighted by atomic mass is 32.1. The van der Waals surface area contributed by atoms with Crippen LogP contribution in [0.15, 0.2) is 0 Å². The monoisotopic (exact) mass is 266 g/mol. The molecular weight excluding hydrogens is 244 g/mol. The molecular formula is C14H22N2OS. The molecule has 3 nitrogen and oxygen atoms in total. The topological polar surface area (TPSA) is 34.2 Å². The van der Waals surface area contributed by atoms with Crippen LogP contribution in [0, 0.1) is 6.92 Å². The standard InChI is InChI=1S/C14H22N2OS/c1-4-12-9(2)18-13(15-12)14(16-11-5-6-11)7-8-17-10(14)3/h10-11,16H,4-8H2,1-3H3. The molecule has 0 spiro atoms. The maximum Gasteiger partial charge on any atom is 0.116 e. The third-order valence-electron chi connectivity index (χ3n) is 4.21. The summed E-state index contributed by atoms with van der Waals surface area (Å²) in [5, 5.41) is 5.06.